The largest absolute Gasteiger partial charge is 0.457 e. The van der Waals surface area contributed by atoms with Crippen LogP contribution in [0.3, 0.4) is 0 Å². The first kappa shape index (κ1) is 18.2. The zero-order valence-electron chi connectivity index (χ0n) is 13.5. The van der Waals surface area contributed by atoms with Crippen LogP contribution in [0, 0.1) is 0 Å². The monoisotopic (exact) mass is 321 g/mol. The van der Waals surface area contributed by atoms with Crippen LogP contribution in [-0.4, -0.2) is 15.5 Å². The van der Waals surface area contributed by atoms with E-state index in [1.165, 1.54) is 19.2 Å². The number of sulfonamides is 1. The number of nitrogens with one attached hydrogen (secondary N) is 1. The minimum absolute atomic E-state index is 0.219. The number of ether oxygens (including phenoxy) is 1. The number of para-hydroxylation sites is 1. The highest BCUT2D eigenvalue weighted by molar-refractivity contribution is 7.89. The first-order valence-electron chi connectivity index (χ1n) is 7.36. The molecule has 0 aliphatic rings. The lowest BCUT2D eigenvalue weighted by atomic mass is 10.1. The van der Waals surface area contributed by atoms with E-state index < -0.39 is 10.0 Å². The Morgan fingerprint density at radius 1 is 1.00 bits per heavy atom. The van der Waals surface area contributed by atoms with Crippen LogP contribution in [0.15, 0.2) is 53.4 Å². The van der Waals surface area contributed by atoms with Gasteiger partial charge in [-0.2, -0.15) is 0 Å². The van der Waals surface area contributed by atoms with Crippen LogP contribution in [-0.2, 0) is 16.4 Å². The normalized spacial score (nSPS) is 10.5. The van der Waals surface area contributed by atoms with Crippen LogP contribution in [0.1, 0.15) is 26.3 Å². The fourth-order valence-electron chi connectivity index (χ4n) is 1.83. The van der Waals surface area contributed by atoms with Crippen molar-refractivity contribution < 1.29 is 13.2 Å². The predicted molar refractivity (Wildman–Crippen MR) is 89.9 cm³/mol. The molecule has 0 aliphatic carbocycles. The number of benzene rings is 2. The summed E-state index contributed by atoms with van der Waals surface area (Å²) < 4.78 is 31.3. The molecule has 0 atom stereocenters. The molecule has 0 heterocycles. The fraction of sp³-hybridized carbons (Fsp3) is 0.294. The molecule has 0 amide bonds. The van der Waals surface area contributed by atoms with E-state index in [0.717, 1.165) is 17.7 Å². The van der Waals surface area contributed by atoms with Gasteiger partial charge in [-0.15, -0.1) is 0 Å². The molecule has 2 aromatic carbocycles. The molecule has 0 spiro atoms. The minimum Gasteiger partial charge on any atom is -0.457 e. The summed E-state index contributed by atoms with van der Waals surface area (Å²) in [6, 6.07) is 14.1. The number of aryl methyl sites for hydroxylation is 1. The summed E-state index contributed by atoms with van der Waals surface area (Å²) in [4.78, 5) is 0.219. The predicted octanol–water partition coefficient (Wildman–Crippen LogP) is 3.98. The molecule has 2 rings (SSSR count). The van der Waals surface area contributed by atoms with Crippen LogP contribution >= 0.6 is 0 Å². The number of hydrogen-bond acceptors (Lipinski definition) is 3. The third-order valence-corrected chi connectivity index (χ3v) is 4.41. The van der Waals surface area contributed by atoms with Crippen molar-refractivity contribution in [1.29, 1.82) is 0 Å². The maximum absolute atomic E-state index is 11.6. The molecule has 0 aliphatic heterocycles. The Kier molecular flexibility index (Phi) is 7.08. The van der Waals surface area contributed by atoms with Gasteiger partial charge in [0, 0.05) is 0 Å². The Labute approximate surface area is 133 Å². The quantitative estimate of drug-likeness (QED) is 0.906. The third kappa shape index (κ3) is 4.58. The molecule has 0 aromatic heterocycles. The molecule has 2 aromatic rings. The minimum atomic E-state index is -3.41. The van der Waals surface area contributed by atoms with E-state index in [1.807, 2.05) is 38.1 Å². The van der Waals surface area contributed by atoms with Gasteiger partial charge in [0.2, 0.25) is 10.0 Å². The molecular weight excluding hydrogens is 298 g/mol. The summed E-state index contributed by atoms with van der Waals surface area (Å²) in [5.74, 6) is 1.40. The van der Waals surface area contributed by atoms with Crippen LogP contribution in [0.2, 0.25) is 0 Å². The molecule has 0 unspecified atom stereocenters. The van der Waals surface area contributed by atoms with Crippen molar-refractivity contribution >= 4 is 10.0 Å². The number of rotatable bonds is 5. The number of hydrogen-bond donors (Lipinski definition) is 1. The summed E-state index contributed by atoms with van der Waals surface area (Å²) >= 11 is 0. The molecule has 5 heteroatoms. The maximum atomic E-state index is 11.6. The van der Waals surface area contributed by atoms with Crippen molar-refractivity contribution in [2.75, 3.05) is 7.05 Å². The Balaban J connectivity index is 0.00000116. The molecular formula is C17H23NO3S. The molecule has 120 valence electrons. The zero-order chi connectivity index (χ0) is 16.6. The molecule has 0 saturated heterocycles. The summed E-state index contributed by atoms with van der Waals surface area (Å²) in [6.07, 6.45) is 0.877. The average Bonchev–Trinajstić information content (AvgIpc) is 2.57. The van der Waals surface area contributed by atoms with Crippen molar-refractivity contribution in [3.63, 3.8) is 0 Å². The second-order valence-electron chi connectivity index (χ2n) is 4.24. The second-order valence-corrected chi connectivity index (χ2v) is 6.13. The first-order valence-corrected chi connectivity index (χ1v) is 8.84. The van der Waals surface area contributed by atoms with Crippen LogP contribution < -0.4 is 9.46 Å². The fourth-order valence-corrected chi connectivity index (χ4v) is 2.56. The third-order valence-electron chi connectivity index (χ3n) is 2.98. The topological polar surface area (TPSA) is 55.4 Å². The van der Waals surface area contributed by atoms with Gasteiger partial charge in [0.1, 0.15) is 11.5 Å². The van der Waals surface area contributed by atoms with Gasteiger partial charge in [-0.1, -0.05) is 39.0 Å². The first-order chi connectivity index (χ1) is 10.6. The molecule has 0 radical (unpaired) electrons. The maximum Gasteiger partial charge on any atom is 0.240 e. The van der Waals surface area contributed by atoms with Gasteiger partial charge in [-0.25, -0.2) is 13.1 Å². The molecule has 0 bridgehead atoms. The van der Waals surface area contributed by atoms with Crippen molar-refractivity contribution in [2.45, 2.75) is 32.1 Å². The van der Waals surface area contributed by atoms with Gasteiger partial charge < -0.3 is 4.74 Å². The summed E-state index contributed by atoms with van der Waals surface area (Å²) in [7, 11) is -2.02. The summed E-state index contributed by atoms with van der Waals surface area (Å²) in [6.45, 7) is 6.06. The highest BCUT2D eigenvalue weighted by atomic mass is 32.2. The van der Waals surface area contributed by atoms with E-state index in [1.54, 1.807) is 12.1 Å². The highest BCUT2D eigenvalue weighted by Crippen LogP contribution is 2.26. The molecule has 4 nitrogen and oxygen atoms in total. The summed E-state index contributed by atoms with van der Waals surface area (Å²) in [5.41, 5.74) is 1.11. The van der Waals surface area contributed by atoms with Crippen molar-refractivity contribution in [1.82, 2.24) is 4.72 Å². The molecule has 0 saturated carbocycles. The van der Waals surface area contributed by atoms with Gasteiger partial charge in [-0.3, -0.25) is 0 Å². The van der Waals surface area contributed by atoms with Crippen LogP contribution in [0.5, 0.6) is 11.5 Å². The Morgan fingerprint density at radius 3 is 2.14 bits per heavy atom. The Morgan fingerprint density at radius 2 is 1.59 bits per heavy atom. The van der Waals surface area contributed by atoms with Gasteiger partial charge in [-0.05, 0) is 49.4 Å². The lowest BCUT2D eigenvalue weighted by Gasteiger charge is -2.10. The van der Waals surface area contributed by atoms with Crippen LogP contribution in [0.25, 0.3) is 0 Å². The average molecular weight is 321 g/mol. The zero-order valence-corrected chi connectivity index (χ0v) is 14.3. The smallest absolute Gasteiger partial charge is 0.240 e. The van der Waals surface area contributed by atoms with Gasteiger partial charge >= 0.3 is 0 Å². The lowest BCUT2D eigenvalue weighted by Crippen LogP contribution is -2.18. The van der Waals surface area contributed by atoms with E-state index in [0.29, 0.717) is 5.75 Å². The van der Waals surface area contributed by atoms with Gasteiger partial charge in [0.05, 0.1) is 4.90 Å². The SMILES string of the molecule is CC.CCc1ccccc1Oc1ccc(S(=O)(=O)NC)cc1. The van der Waals surface area contributed by atoms with E-state index in [9.17, 15) is 8.42 Å². The standard InChI is InChI=1S/C15H17NO3S.C2H6/c1-3-12-6-4-5-7-15(12)19-13-8-10-14(11-9-13)20(17,18)16-2;1-2/h4-11,16H,3H2,1-2H3;1-2H3. The lowest BCUT2D eigenvalue weighted by molar-refractivity contribution is 0.476. The van der Waals surface area contributed by atoms with E-state index in [2.05, 4.69) is 11.6 Å². The Hall–Kier alpha value is -1.85. The molecule has 0 fully saturated rings. The van der Waals surface area contributed by atoms with E-state index in [-0.39, 0.29) is 4.90 Å². The van der Waals surface area contributed by atoms with Crippen LogP contribution in [0.4, 0.5) is 0 Å². The van der Waals surface area contributed by atoms with Crippen molar-refractivity contribution in [2.24, 2.45) is 0 Å². The molecule has 1 N–H and O–H groups in total. The van der Waals surface area contributed by atoms with E-state index >= 15 is 0 Å². The summed E-state index contributed by atoms with van der Waals surface area (Å²) in [5, 5.41) is 0. The van der Waals surface area contributed by atoms with E-state index in [4.69, 9.17) is 4.74 Å². The Bertz CT molecular complexity index is 679. The molecule has 22 heavy (non-hydrogen) atoms. The van der Waals surface area contributed by atoms with Crippen molar-refractivity contribution in [3.05, 3.63) is 54.1 Å². The van der Waals surface area contributed by atoms with Gasteiger partial charge in [0.25, 0.3) is 0 Å². The second kappa shape index (κ2) is 8.56. The highest BCUT2D eigenvalue weighted by Gasteiger charge is 2.11. The van der Waals surface area contributed by atoms with Crippen molar-refractivity contribution in [3.8, 4) is 11.5 Å². The van der Waals surface area contributed by atoms with Gasteiger partial charge in [0.15, 0.2) is 0 Å².